The first kappa shape index (κ1) is 13.5. The Morgan fingerprint density at radius 2 is 2.12 bits per heavy atom. The zero-order chi connectivity index (χ0) is 12.2. The van der Waals surface area contributed by atoms with E-state index in [-0.39, 0.29) is 12.3 Å². The summed E-state index contributed by atoms with van der Waals surface area (Å²) in [7, 11) is -3.26. The van der Waals surface area contributed by atoms with Crippen molar-refractivity contribution in [1.29, 1.82) is 0 Å². The van der Waals surface area contributed by atoms with Crippen LogP contribution in [0.25, 0.3) is 0 Å². The summed E-state index contributed by atoms with van der Waals surface area (Å²) in [6.45, 7) is 3.74. The van der Waals surface area contributed by atoms with E-state index in [9.17, 15) is 8.42 Å². The van der Waals surface area contributed by atoms with Gasteiger partial charge in [0.1, 0.15) is 5.76 Å². The highest BCUT2D eigenvalue weighted by Crippen LogP contribution is 2.11. The number of aromatic nitrogens is 1. The van der Waals surface area contributed by atoms with Crippen LogP contribution >= 0.6 is 11.6 Å². The van der Waals surface area contributed by atoms with E-state index in [1.165, 1.54) is 0 Å². The minimum absolute atomic E-state index is 0.0415. The molecule has 1 aromatic rings. The molecular weight excluding hydrogens is 252 g/mol. The highest BCUT2D eigenvalue weighted by molar-refractivity contribution is 7.89. The summed E-state index contributed by atoms with van der Waals surface area (Å²) >= 11 is 5.44. The minimum Gasteiger partial charge on any atom is -0.361 e. The molecule has 1 N–H and O–H groups in total. The van der Waals surface area contributed by atoms with Crippen molar-refractivity contribution in [2.75, 3.05) is 11.6 Å². The van der Waals surface area contributed by atoms with Gasteiger partial charge in [0.15, 0.2) is 0 Å². The molecule has 0 fully saturated rings. The molecule has 0 aromatic carbocycles. The first-order chi connectivity index (χ1) is 7.46. The molecule has 0 amide bonds. The van der Waals surface area contributed by atoms with Crippen molar-refractivity contribution in [1.82, 2.24) is 9.88 Å². The quantitative estimate of drug-likeness (QED) is 0.789. The number of alkyl halides is 1. The van der Waals surface area contributed by atoms with Crippen LogP contribution in [-0.2, 0) is 16.6 Å². The number of rotatable bonds is 6. The highest BCUT2D eigenvalue weighted by Gasteiger charge is 2.13. The van der Waals surface area contributed by atoms with Crippen LogP contribution in [-0.4, -0.2) is 25.2 Å². The summed E-state index contributed by atoms with van der Waals surface area (Å²) in [6, 6.07) is 0. The van der Waals surface area contributed by atoms with Gasteiger partial charge >= 0.3 is 0 Å². The zero-order valence-electron chi connectivity index (χ0n) is 9.29. The van der Waals surface area contributed by atoms with Crippen LogP contribution in [0.5, 0.6) is 0 Å². The monoisotopic (exact) mass is 266 g/mol. The van der Waals surface area contributed by atoms with Crippen molar-refractivity contribution in [3.8, 4) is 0 Å². The molecule has 1 heterocycles. The number of nitrogens with zero attached hydrogens (tertiary/aromatic N) is 1. The van der Waals surface area contributed by atoms with Crippen molar-refractivity contribution >= 4 is 21.6 Å². The van der Waals surface area contributed by atoms with Gasteiger partial charge in [-0.05, 0) is 20.3 Å². The molecule has 16 heavy (non-hydrogen) atoms. The SMILES string of the molecule is Cc1noc(C)c1CNS(=O)(=O)CCCCl. The van der Waals surface area contributed by atoms with Crippen LogP contribution in [0.3, 0.4) is 0 Å². The Hall–Kier alpha value is -0.590. The lowest BCUT2D eigenvalue weighted by Crippen LogP contribution is -2.26. The van der Waals surface area contributed by atoms with Gasteiger partial charge in [-0.3, -0.25) is 0 Å². The van der Waals surface area contributed by atoms with E-state index in [4.69, 9.17) is 16.1 Å². The van der Waals surface area contributed by atoms with E-state index in [0.717, 1.165) is 5.56 Å². The fraction of sp³-hybridized carbons (Fsp3) is 0.667. The third-order valence-electron chi connectivity index (χ3n) is 2.20. The van der Waals surface area contributed by atoms with Gasteiger partial charge in [0.05, 0.1) is 11.4 Å². The second-order valence-electron chi connectivity index (χ2n) is 3.49. The Morgan fingerprint density at radius 1 is 1.44 bits per heavy atom. The molecule has 1 aromatic heterocycles. The van der Waals surface area contributed by atoms with E-state index < -0.39 is 10.0 Å². The van der Waals surface area contributed by atoms with Gasteiger partial charge in [0.2, 0.25) is 10.0 Å². The highest BCUT2D eigenvalue weighted by atomic mass is 35.5. The fourth-order valence-corrected chi connectivity index (χ4v) is 2.58. The molecular formula is C9H15ClN2O3S. The van der Waals surface area contributed by atoms with E-state index in [2.05, 4.69) is 9.88 Å². The first-order valence-corrected chi connectivity index (χ1v) is 7.10. The number of hydrogen-bond acceptors (Lipinski definition) is 4. The van der Waals surface area contributed by atoms with Gasteiger partial charge in [-0.2, -0.15) is 0 Å². The van der Waals surface area contributed by atoms with Gasteiger partial charge in [-0.25, -0.2) is 13.1 Å². The molecule has 0 radical (unpaired) electrons. The van der Waals surface area contributed by atoms with Crippen molar-refractivity contribution in [2.45, 2.75) is 26.8 Å². The number of nitrogens with one attached hydrogen (secondary N) is 1. The Balaban J connectivity index is 2.58. The molecule has 5 nitrogen and oxygen atoms in total. The lowest BCUT2D eigenvalue weighted by atomic mass is 10.2. The standard InChI is InChI=1S/C9H15ClN2O3S/c1-7-9(8(2)15-12-7)6-11-16(13,14)5-3-4-10/h11H,3-6H2,1-2H3. The van der Waals surface area contributed by atoms with E-state index in [1.54, 1.807) is 13.8 Å². The second-order valence-corrected chi connectivity index (χ2v) is 5.79. The molecule has 0 atom stereocenters. The Bertz CT molecular complexity index is 422. The largest absolute Gasteiger partial charge is 0.361 e. The normalized spacial score (nSPS) is 11.9. The predicted molar refractivity (Wildman–Crippen MR) is 61.9 cm³/mol. The first-order valence-electron chi connectivity index (χ1n) is 4.91. The fourth-order valence-electron chi connectivity index (χ4n) is 1.25. The van der Waals surface area contributed by atoms with Crippen LogP contribution in [0.2, 0.25) is 0 Å². The molecule has 92 valence electrons. The van der Waals surface area contributed by atoms with Crippen molar-refractivity contribution in [3.05, 3.63) is 17.0 Å². The van der Waals surface area contributed by atoms with Crippen LogP contribution in [0, 0.1) is 13.8 Å². The Morgan fingerprint density at radius 3 is 2.62 bits per heavy atom. The Labute approximate surface area is 100 Å². The maximum absolute atomic E-state index is 11.5. The van der Waals surface area contributed by atoms with Crippen LogP contribution in [0.15, 0.2) is 4.52 Å². The third-order valence-corrected chi connectivity index (χ3v) is 3.87. The molecule has 0 spiro atoms. The molecule has 0 saturated heterocycles. The Kier molecular flexibility index (Phi) is 4.76. The number of hydrogen-bond donors (Lipinski definition) is 1. The van der Waals surface area contributed by atoms with Gasteiger partial charge in [-0.15, -0.1) is 11.6 Å². The van der Waals surface area contributed by atoms with Gasteiger partial charge in [-0.1, -0.05) is 5.16 Å². The maximum atomic E-state index is 11.5. The van der Waals surface area contributed by atoms with Gasteiger partial charge in [0, 0.05) is 18.0 Å². The van der Waals surface area contributed by atoms with Gasteiger partial charge in [0.25, 0.3) is 0 Å². The lowest BCUT2D eigenvalue weighted by Gasteiger charge is -2.05. The minimum atomic E-state index is -3.26. The van der Waals surface area contributed by atoms with Crippen LogP contribution in [0.4, 0.5) is 0 Å². The number of sulfonamides is 1. The topological polar surface area (TPSA) is 72.2 Å². The molecule has 7 heteroatoms. The summed E-state index contributed by atoms with van der Waals surface area (Å²) in [4.78, 5) is 0. The summed E-state index contributed by atoms with van der Waals surface area (Å²) in [5.74, 6) is 1.02. The van der Waals surface area contributed by atoms with Crippen LogP contribution in [0.1, 0.15) is 23.4 Å². The average molecular weight is 267 g/mol. The van der Waals surface area contributed by atoms with Crippen molar-refractivity contribution in [3.63, 3.8) is 0 Å². The molecule has 0 aliphatic carbocycles. The third kappa shape index (κ3) is 3.77. The van der Waals surface area contributed by atoms with Crippen LogP contribution < -0.4 is 4.72 Å². The second kappa shape index (κ2) is 5.65. The summed E-state index contributed by atoms with van der Waals surface area (Å²) in [6.07, 6.45) is 0.443. The maximum Gasteiger partial charge on any atom is 0.211 e. The molecule has 0 saturated carbocycles. The number of halogens is 1. The number of aryl methyl sites for hydroxylation is 2. The van der Waals surface area contributed by atoms with E-state index in [0.29, 0.717) is 23.8 Å². The van der Waals surface area contributed by atoms with Crippen molar-refractivity contribution in [2.24, 2.45) is 0 Å². The molecule has 0 unspecified atom stereocenters. The predicted octanol–water partition coefficient (Wildman–Crippen LogP) is 1.34. The van der Waals surface area contributed by atoms with Gasteiger partial charge < -0.3 is 4.52 Å². The molecule has 1 rings (SSSR count). The average Bonchev–Trinajstić information content (AvgIpc) is 2.53. The summed E-state index contributed by atoms with van der Waals surface area (Å²) in [5.41, 5.74) is 1.49. The summed E-state index contributed by atoms with van der Waals surface area (Å²) < 4.78 is 30.4. The van der Waals surface area contributed by atoms with E-state index >= 15 is 0 Å². The summed E-state index contributed by atoms with van der Waals surface area (Å²) in [5, 5.41) is 3.75. The molecule has 0 aliphatic rings. The van der Waals surface area contributed by atoms with Crippen molar-refractivity contribution < 1.29 is 12.9 Å². The zero-order valence-corrected chi connectivity index (χ0v) is 10.9. The smallest absolute Gasteiger partial charge is 0.211 e. The molecule has 0 bridgehead atoms. The molecule has 0 aliphatic heterocycles. The lowest BCUT2D eigenvalue weighted by molar-refractivity contribution is 0.392. The van der Waals surface area contributed by atoms with E-state index in [1.807, 2.05) is 0 Å².